The van der Waals surface area contributed by atoms with E-state index in [1.165, 1.54) is 0 Å². The SMILES string of the molecule is C[C@@H](CNS(N)(=O)=O)Oc1ccccc1Br. The fraction of sp³-hybridized carbons (Fsp3) is 0.333. The van der Waals surface area contributed by atoms with E-state index in [2.05, 4.69) is 20.7 Å². The minimum Gasteiger partial charge on any atom is -0.488 e. The fourth-order valence-electron chi connectivity index (χ4n) is 1.03. The molecule has 0 aromatic heterocycles. The summed E-state index contributed by atoms with van der Waals surface area (Å²) in [4.78, 5) is 0. The Morgan fingerprint density at radius 2 is 2.12 bits per heavy atom. The first-order valence-electron chi connectivity index (χ1n) is 4.57. The lowest BCUT2D eigenvalue weighted by Gasteiger charge is -2.15. The van der Waals surface area contributed by atoms with Gasteiger partial charge in [-0.2, -0.15) is 13.1 Å². The Hall–Kier alpha value is -0.630. The van der Waals surface area contributed by atoms with Gasteiger partial charge in [-0.1, -0.05) is 12.1 Å². The van der Waals surface area contributed by atoms with Crippen LogP contribution in [0.15, 0.2) is 28.7 Å². The summed E-state index contributed by atoms with van der Waals surface area (Å²) in [5.41, 5.74) is 0. The lowest BCUT2D eigenvalue weighted by Crippen LogP contribution is -2.37. The second-order valence-corrected chi connectivity index (χ2v) is 5.49. The normalized spacial score (nSPS) is 13.4. The van der Waals surface area contributed by atoms with Crippen molar-refractivity contribution in [3.05, 3.63) is 28.7 Å². The fourth-order valence-corrected chi connectivity index (χ4v) is 1.88. The van der Waals surface area contributed by atoms with Crippen molar-refractivity contribution < 1.29 is 13.2 Å². The standard InChI is InChI=1S/C9H13BrN2O3S/c1-7(6-12-16(11,13)14)15-9-5-3-2-4-8(9)10/h2-5,7,12H,6H2,1H3,(H2,11,13,14)/t7-/m0/s1. The van der Waals surface area contributed by atoms with Crippen molar-refractivity contribution in [2.24, 2.45) is 5.14 Å². The minimum atomic E-state index is -3.66. The van der Waals surface area contributed by atoms with Crippen molar-refractivity contribution in [2.45, 2.75) is 13.0 Å². The maximum atomic E-state index is 10.7. The molecule has 7 heteroatoms. The lowest BCUT2D eigenvalue weighted by molar-refractivity contribution is 0.223. The van der Waals surface area contributed by atoms with Crippen molar-refractivity contribution in [2.75, 3.05) is 6.54 Å². The first-order valence-corrected chi connectivity index (χ1v) is 6.91. The summed E-state index contributed by atoms with van der Waals surface area (Å²) in [5, 5.41) is 4.80. The molecular weight excluding hydrogens is 296 g/mol. The third-order valence-electron chi connectivity index (χ3n) is 1.74. The van der Waals surface area contributed by atoms with Crippen LogP contribution in [0.3, 0.4) is 0 Å². The molecule has 1 rings (SSSR count). The molecule has 0 aliphatic carbocycles. The van der Waals surface area contributed by atoms with Crippen molar-refractivity contribution >= 4 is 26.1 Å². The Labute approximate surface area is 103 Å². The Kier molecular flexibility index (Phi) is 4.72. The second-order valence-electron chi connectivity index (χ2n) is 3.25. The van der Waals surface area contributed by atoms with Crippen LogP contribution in [0.25, 0.3) is 0 Å². The van der Waals surface area contributed by atoms with Crippen LogP contribution in [-0.2, 0) is 10.2 Å². The van der Waals surface area contributed by atoms with Gasteiger partial charge in [0.25, 0.3) is 10.2 Å². The van der Waals surface area contributed by atoms with Crippen LogP contribution < -0.4 is 14.6 Å². The molecular formula is C9H13BrN2O3S. The number of halogens is 1. The summed E-state index contributed by atoms with van der Waals surface area (Å²) in [6.45, 7) is 1.87. The highest BCUT2D eigenvalue weighted by Gasteiger charge is 2.09. The molecule has 1 atom stereocenters. The highest BCUT2D eigenvalue weighted by Crippen LogP contribution is 2.24. The Balaban J connectivity index is 2.52. The lowest BCUT2D eigenvalue weighted by atomic mass is 10.3. The van der Waals surface area contributed by atoms with Gasteiger partial charge in [-0.3, -0.25) is 0 Å². The van der Waals surface area contributed by atoms with Crippen LogP contribution in [-0.4, -0.2) is 21.1 Å². The van der Waals surface area contributed by atoms with Crippen LogP contribution in [0.5, 0.6) is 5.75 Å². The molecule has 5 nitrogen and oxygen atoms in total. The van der Waals surface area contributed by atoms with E-state index in [9.17, 15) is 8.42 Å². The summed E-state index contributed by atoms with van der Waals surface area (Å²) < 4.78 is 29.8. The van der Waals surface area contributed by atoms with E-state index < -0.39 is 10.2 Å². The zero-order chi connectivity index (χ0) is 12.2. The Bertz CT molecular complexity index is 450. The zero-order valence-electron chi connectivity index (χ0n) is 8.68. The van der Waals surface area contributed by atoms with Gasteiger partial charge in [0.05, 0.1) is 4.47 Å². The number of para-hydroxylation sites is 1. The van der Waals surface area contributed by atoms with Gasteiger partial charge in [-0.15, -0.1) is 0 Å². The van der Waals surface area contributed by atoms with Gasteiger partial charge in [-0.25, -0.2) is 5.14 Å². The van der Waals surface area contributed by atoms with E-state index in [1.54, 1.807) is 13.0 Å². The average molecular weight is 309 g/mol. The molecule has 0 aliphatic rings. The molecule has 0 saturated heterocycles. The predicted molar refractivity (Wildman–Crippen MR) is 65.3 cm³/mol. The molecule has 0 fully saturated rings. The summed E-state index contributed by atoms with van der Waals surface area (Å²) >= 11 is 3.33. The molecule has 0 aliphatic heterocycles. The maximum Gasteiger partial charge on any atom is 0.274 e. The van der Waals surface area contributed by atoms with Crippen LogP contribution in [0.1, 0.15) is 6.92 Å². The zero-order valence-corrected chi connectivity index (χ0v) is 11.1. The number of nitrogens with one attached hydrogen (secondary N) is 1. The molecule has 0 amide bonds. The average Bonchev–Trinajstić information content (AvgIpc) is 2.18. The van der Waals surface area contributed by atoms with E-state index >= 15 is 0 Å². The van der Waals surface area contributed by atoms with Crippen LogP contribution >= 0.6 is 15.9 Å². The highest BCUT2D eigenvalue weighted by atomic mass is 79.9. The van der Waals surface area contributed by atoms with E-state index in [0.29, 0.717) is 5.75 Å². The number of benzene rings is 1. The predicted octanol–water partition coefficient (Wildman–Crippen LogP) is 1.01. The topological polar surface area (TPSA) is 81.4 Å². The maximum absolute atomic E-state index is 10.7. The molecule has 0 radical (unpaired) electrons. The molecule has 0 spiro atoms. The van der Waals surface area contributed by atoms with E-state index in [1.807, 2.05) is 18.2 Å². The number of hydrogen-bond donors (Lipinski definition) is 2. The number of ether oxygens (including phenoxy) is 1. The molecule has 1 aromatic carbocycles. The quantitative estimate of drug-likeness (QED) is 0.851. The molecule has 0 unspecified atom stereocenters. The molecule has 16 heavy (non-hydrogen) atoms. The number of nitrogens with two attached hydrogens (primary N) is 1. The van der Waals surface area contributed by atoms with Crippen molar-refractivity contribution in [1.29, 1.82) is 0 Å². The molecule has 1 aromatic rings. The van der Waals surface area contributed by atoms with Gasteiger partial charge in [-0.05, 0) is 35.0 Å². The van der Waals surface area contributed by atoms with Gasteiger partial charge in [0, 0.05) is 6.54 Å². The van der Waals surface area contributed by atoms with E-state index in [4.69, 9.17) is 9.88 Å². The molecule has 0 heterocycles. The molecule has 0 saturated carbocycles. The third kappa shape index (κ3) is 4.93. The molecule has 0 bridgehead atoms. The largest absolute Gasteiger partial charge is 0.488 e. The Morgan fingerprint density at radius 1 is 1.50 bits per heavy atom. The van der Waals surface area contributed by atoms with Gasteiger partial charge in [0.2, 0.25) is 0 Å². The van der Waals surface area contributed by atoms with Gasteiger partial charge >= 0.3 is 0 Å². The van der Waals surface area contributed by atoms with Crippen molar-refractivity contribution in [3.63, 3.8) is 0 Å². The second kappa shape index (κ2) is 5.62. The van der Waals surface area contributed by atoms with Crippen molar-refractivity contribution in [3.8, 4) is 5.75 Å². The molecule has 3 N–H and O–H groups in total. The van der Waals surface area contributed by atoms with Crippen molar-refractivity contribution in [1.82, 2.24) is 4.72 Å². The van der Waals surface area contributed by atoms with Crippen LogP contribution in [0.4, 0.5) is 0 Å². The van der Waals surface area contributed by atoms with Gasteiger partial charge < -0.3 is 4.74 Å². The number of hydrogen-bond acceptors (Lipinski definition) is 3. The third-order valence-corrected chi connectivity index (χ3v) is 2.96. The van der Waals surface area contributed by atoms with E-state index in [-0.39, 0.29) is 12.6 Å². The van der Waals surface area contributed by atoms with Crippen LogP contribution in [0.2, 0.25) is 0 Å². The summed E-state index contributed by atoms with van der Waals surface area (Å²) in [7, 11) is -3.66. The number of rotatable bonds is 5. The monoisotopic (exact) mass is 308 g/mol. The highest BCUT2D eigenvalue weighted by molar-refractivity contribution is 9.10. The van der Waals surface area contributed by atoms with Gasteiger partial charge in [0.15, 0.2) is 0 Å². The summed E-state index contributed by atoms with van der Waals surface area (Å²) in [6, 6.07) is 7.33. The smallest absolute Gasteiger partial charge is 0.274 e. The summed E-state index contributed by atoms with van der Waals surface area (Å²) in [6.07, 6.45) is -0.308. The Morgan fingerprint density at radius 3 is 2.69 bits per heavy atom. The first-order chi connectivity index (χ1) is 7.38. The van der Waals surface area contributed by atoms with Gasteiger partial charge in [0.1, 0.15) is 11.9 Å². The van der Waals surface area contributed by atoms with Crippen LogP contribution in [0, 0.1) is 0 Å². The first kappa shape index (κ1) is 13.4. The van der Waals surface area contributed by atoms with E-state index in [0.717, 1.165) is 4.47 Å². The summed E-state index contributed by atoms with van der Waals surface area (Å²) in [5.74, 6) is 0.659. The molecule has 90 valence electrons. The minimum absolute atomic E-state index is 0.125.